The minimum Gasteiger partial charge on any atom is -0.373 e. The molecule has 0 aliphatic heterocycles. The largest absolute Gasteiger partial charge is 1.00 e. The fourth-order valence-electron chi connectivity index (χ4n) is 0.344. The van der Waals surface area contributed by atoms with Gasteiger partial charge in [0.05, 0.1) is 0 Å². The zero-order valence-corrected chi connectivity index (χ0v) is 9.30. The summed E-state index contributed by atoms with van der Waals surface area (Å²) < 4.78 is 0. The van der Waals surface area contributed by atoms with Crippen molar-refractivity contribution in [1.82, 2.24) is 0 Å². The Labute approximate surface area is 88.8 Å². The quantitative estimate of drug-likeness (QED) is 0.146. The molecule has 0 aliphatic carbocycles. The zero-order chi connectivity index (χ0) is 7.54. The molecule has 0 saturated carbocycles. The van der Waals surface area contributed by atoms with Crippen LogP contribution < -0.4 is 29.6 Å². The summed E-state index contributed by atoms with van der Waals surface area (Å²) in [6, 6.07) is 0. The van der Waals surface area contributed by atoms with Gasteiger partial charge in [0.15, 0.2) is 0 Å². The maximum Gasteiger partial charge on any atom is 1.00 e. The monoisotopic (exact) mass is 171 g/mol. The van der Waals surface area contributed by atoms with Gasteiger partial charge in [-0.1, -0.05) is 19.8 Å². The Morgan fingerprint density at radius 2 is 1.70 bits per heavy atom. The number of unbranched alkanes of at least 4 members (excludes halogenated alkanes) is 2. The first-order chi connectivity index (χ1) is 4.33. The van der Waals surface area contributed by atoms with Gasteiger partial charge in [-0.2, -0.15) is 0 Å². The maximum atomic E-state index is 6.75. The minimum absolute atomic E-state index is 0. The Morgan fingerprint density at radius 1 is 1.30 bits per heavy atom. The Hall–Kier alpha value is 0.600. The van der Waals surface area contributed by atoms with Gasteiger partial charge in [-0.3, -0.25) is 4.91 Å². The SMILES string of the molecule is CCCCCCl.[N-]=[N+]=[N-].[Na+]. The van der Waals surface area contributed by atoms with Crippen LogP contribution in [-0.4, -0.2) is 5.88 Å². The number of hydrogen-bond acceptors (Lipinski definition) is 0. The number of nitrogens with zero attached hydrogens (tertiary/aromatic N) is 3. The Morgan fingerprint density at radius 3 is 1.80 bits per heavy atom. The van der Waals surface area contributed by atoms with E-state index in [4.69, 9.17) is 22.7 Å². The van der Waals surface area contributed by atoms with Crippen LogP contribution in [0, 0.1) is 0 Å². The number of rotatable bonds is 3. The third kappa shape index (κ3) is 38.3. The predicted octanol–water partition coefficient (Wildman–Crippen LogP) is 0.285. The molecule has 10 heavy (non-hydrogen) atoms. The smallest absolute Gasteiger partial charge is 0.373 e. The molecule has 0 amide bonds. The fourth-order valence-corrected chi connectivity index (χ4v) is 0.533. The van der Waals surface area contributed by atoms with Gasteiger partial charge in [0.1, 0.15) is 0 Å². The van der Waals surface area contributed by atoms with E-state index in [1.165, 1.54) is 24.2 Å². The standard InChI is InChI=1S/C5H11Cl.N3.Na/c1-2-3-4-5-6;1-3-2;/h2-5H2,1H3;;/q;-1;+1. The summed E-state index contributed by atoms with van der Waals surface area (Å²) in [4.78, 5) is 1.50. The van der Waals surface area contributed by atoms with Crippen LogP contribution in [0.4, 0.5) is 0 Å². The predicted molar refractivity (Wildman–Crippen MR) is 40.3 cm³/mol. The molecule has 0 radical (unpaired) electrons. The molecule has 0 aromatic carbocycles. The van der Waals surface area contributed by atoms with Gasteiger partial charge < -0.3 is 11.1 Å². The Bertz CT molecular complexity index is 69.3. The molecule has 54 valence electrons. The summed E-state index contributed by atoms with van der Waals surface area (Å²) in [5.41, 5.74) is 13.5. The molecule has 0 bridgehead atoms. The van der Waals surface area contributed by atoms with E-state index < -0.39 is 0 Å². The van der Waals surface area contributed by atoms with Crippen molar-refractivity contribution in [3.63, 3.8) is 0 Å². The van der Waals surface area contributed by atoms with Gasteiger partial charge in [-0.05, 0) is 6.42 Å². The molecule has 0 heterocycles. The third-order valence-electron chi connectivity index (χ3n) is 0.737. The molecule has 0 rings (SSSR count). The minimum atomic E-state index is 0. The van der Waals surface area contributed by atoms with E-state index in [1.54, 1.807) is 0 Å². The van der Waals surface area contributed by atoms with E-state index in [0.717, 1.165) is 5.88 Å². The molecule has 0 N–H and O–H groups in total. The first kappa shape index (κ1) is 16.9. The second-order valence-electron chi connectivity index (χ2n) is 1.49. The van der Waals surface area contributed by atoms with Crippen LogP contribution in [0.1, 0.15) is 26.2 Å². The summed E-state index contributed by atoms with van der Waals surface area (Å²) in [7, 11) is 0. The molecule has 3 nitrogen and oxygen atoms in total. The second-order valence-corrected chi connectivity index (χ2v) is 1.86. The van der Waals surface area contributed by atoms with Crippen molar-refractivity contribution < 1.29 is 29.6 Å². The van der Waals surface area contributed by atoms with Crippen LogP contribution >= 0.6 is 11.6 Å². The number of hydrogen-bond donors (Lipinski definition) is 0. The van der Waals surface area contributed by atoms with E-state index in [9.17, 15) is 0 Å². The van der Waals surface area contributed by atoms with Crippen LogP contribution in [0.5, 0.6) is 0 Å². The van der Waals surface area contributed by atoms with Gasteiger partial charge in [0, 0.05) is 5.88 Å². The maximum absolute atomic E-state index is 6.75. The average molecular weight is 172 g/mol. The van der Waals surface area contributed by atoms with Crippen molar-refractivity contribution in [2.24, 2.45) is 0 Å². The summed E-state index contributed by atoms with van der Waals surface area (Å²) in [6.07, 6.45) is 3.73. The van der Waals surface area contributed by atoms with E-state index in [2.05, 4.69) is 6.92 Å². The molecular formula is C5H11ClN3Na. The van der Waals surface area contributed by atoms with Crippen molar-refractivity contribution in [1.29, 1.82) is 0 Å². The van der Waals surface area contributed by atoms with Gasteiger partial charge >= 0.3 is 29.6 Å². The molecule has 0 atom stereocenters. The first-order valence-corrected chi connectivity index (χ1v) is 3.41. The van der Waals surface area contributed by atoms with Crippen molar-refractivity contribution in [2.45, 2.75) is 26.2 Å². The van der Waals surface area contributed by atoms with Crippen molar-refractivity contribution in [2.75, 3.05) is 5.88 Å². The van der Waals surface area contributed by atoms with Crippen molar-refractivity contribution >= 4 is 11.6 Å². The van der Waals surface area contributed by atoms with Crippen LogP contribution in [-0.2, 0) is 0 Å². The Balaban J connectivity index is -0.000000107. The van der Waals surface area contributed by atoms with E-state index in [0.29, 0.717) is 0 Å². The molecule has 0 saturated heterocycles. The molecule has 0 aliphatic rings. The summed E-state index contributed by atoms with van der Waals surface area (Å²) >= 11 is 5.38. The summed E-state index contributed by atoms with van der Waals surface area (Å²) in [6.45, 7) is 2.17. The number of alkyl halides is 1. The van der Waals surface area contributed by atoms with Gasteiger partial charge in [0.25, 0.3) is 0 Å². The van der Waals surface area contributed by atoms with Crippen LogP contribution in [0.3, 0.4) is 0 Å². The zero-order valence-electron chi connectivity index (χ0n) is 6.55. The third-order valence-corrected chi connectivity index (χ3v) is 1.00. The van der Waals surface area contributed by atoms with Crippen LogP contribution in [0.2, 0.25) is 0 Å². The molecular weight excluding hydrogens is 161 g/mol. The number of halogens is 1. The molecule has 0 fully saturated rings. The van der Waals surface area contributed by atoms with E-state index in [-0.39, 0.29) is 29.6 Å². The van der Waals surface area contributed by atoms with E-state index >= 15 is 0 Å². The summed E-state index contributed by atoms with van der Waals surface area (Å²) in [5.74, 6) is 0.827. The van der Waals surface area contributed by atoms with Gasteiger partial charge in [0.2, 0.25) is 0 Å². The topological polar surface area (TPSA) is 58.7 Å². The fraction of sp³-hybridized carbons (Fsp3) is 1.00. The van der Waals surface area contributed by atoms with Crippen molar-refractivity contribution in [3.8, 4) is 0 Å². The Kier molecular flexibility index (Phi) is 38.3. The average Bonchev–Trinajstić information content (AvgIpc) is 1.86. The van der Waals surface area contributed by atoms with Crippen LogP contribution in [0.25, 0.3) is 16.0 Å². The van der Waals surface area contributed by atoms with Gasteiger partial charge in [-0.25, -0.2) is 0 Å². The van der Waals surface area contributed by atoms with Gasteiger partial charge in [-0.15, -0.1) is 11.6 Å². The van der Waals surface area contributed by atoms with Crippen molar-refractivity contribution in [3.05, 3.63) is 16.0 Å². The summed E-state index contributed by atoms with van der Waals surface area (Å²) in [5, 5.41) is 0. The normalized spacial score (nSPS) is 6.20. The molecule has 0 aromatic heterocycles. The molecule has 0 unspecified atom stereocenters. The van der Waals surface area contributed by atoms with E-state index in [1.807, 2.05) is 0 Å². The molecule has 0 spiro atoms. The molecule has 5 heteroatoms. The molecule has 0 aromatic rings. The first-order valence-electron chi connectivity index (χ1n) is 2.87. The van der Waals surface area contributed by atoms with Crippen LogP contribution in [0.15, 0.2) is 0 Å². The second kappa shape index (κ2) is 22.6.